The van der Waals surface area contributed by atoms with Crippen molar-refractivity contribution in [2.24, 2.45) is 17.8 Å². The highest BCUT2D eigenvalue weighted by molar-refractivity contribution is 5.87. The van der Waals surface area contributed by atoms with Crippen LogP contribution >= 0.6 is 0 Å². The van der Waals surface area contributed by atoms with Crippen LogP contribution in [0.15, 0.2) is 24.3 Å². The van der Waals surface area contributed by atoms with Crippen LogP contribution in [-0.4, -0.2) is 5.78 Å². The van der Waals surface area contributed by atoms with E-state index < -0.39 is 0 Å². The van der Waals surface area contributed by atoms with Crippen LogP contribution < -0.4 is 0 Å². The number of aryl methyl sites for hydroxylation is 1. The summed E-state index contributed by atoms with van der Waals surface area (Å²) < 4.78 is 0. The van der Waals surface area contributed by atoms with Crippen molar-refractivity contribution in [1.82, 2.24) is 0 Å². The van der Waals surface area contributed by atoms with Crippen molar-refractivity contribution < 1.29 is 4.79 Å². The summed E-state index contributed by atoms with van der Waals surface area (Å²) in [6, 6.07) is 8.55. The zero-order chi connectivity index (χ0) is 12.8. The Morgan fingerprint density at radius 3 is 2.79 bits per heavy atom. The van der Waals surface area contributed by atoms with Gasteiger partial charge in [0.2, 0.25) is 0 Å². The second kappa shape index (κ2) is 4.47. The fraction of sp³-hybridized carbons (Fsp3) is 0.611. The molecule has 0 aliphatic heterocycles. The minimum atomic E-state index is 0.218. The molecule has 0 spiro atoms. The molecule has 0 aromatic heterocycles. The Labute approximate surface area is 115 Å². The van der Waals surface area contributed by atoms with Crippen molar-refractivity contribution in [1.29, 1.82) is 0 Å². The first-order valence-electron chi connectivity index (χ1n) is 7.92. The van der Waals surface area contributed by atoms with Crippen molar-refractivity contribution in [3.05, 3.63) is 35.4 Å². The Morgan fingerprint density at radius 1 is 1.11 bits per heavy atom. The van der Waals surface area contributed by atoms with E-state index in [1.165, 1.54) is 36.8 Å². The number of carbonyl (C=O) groups is 1. The van der Waals surface area contributed by atoms with Crippen LogP contribution in [0.25, 0.3) is 0 Å². The van der Waals surface area contributed by atoms with Gasteiger partial charge < -0.3 is 0 Å². The molecule has 0 amide bonds. The van der Waals surface area contributed by atoms with E-state index in [1.807, 2.05) is 0 Å². The number of Topliss-reactive ketones (excluding diaryl/α,β-unsaturated/α-hetero) is 1. The molecule has 1 aromatic rings. The molecule has 2 bridgehead atoms. The normalized spacial score (nSPS) is 35.6. The molecule has 0 saturated heterocycles. The average Bonchev–Trinajstić information content (AvgIpc) is 3.13. The van der Waals surface area contributed by atoms with Gasteiger partial charge in [0.15, 0.2) is 0 Å². The number of carbonyl (C=O) groups excluding carboxylic acids is 1. The zero-order valence-electron chi connectivity index (χ0n) is 11.5. The van der Waals surface area contributed by atoms with Gasteiger partial charge in [0.1, 0.15) is 5.78 Å². The zero-order valence-corrected chi connectivity index (χ0v) is 11.5. The quantitative estimate of drug-likeness (QED) is 0.793. The minimum Gasteiger partial charge on any atom is -0.299 e. The highest BCUT2D eigenvalue weighted by Gasteiger charge is 2.41. The number of ketones is 1. The van der Waals surface area contributed by atoms with Gasteiger partial charge in [-0.2, -0.15) is 0 Å². The van der Waals surface area contributed by atoms with E-state index in [0.717, 1.165) is 37.0 Å². The molecule has 0 heterocycles. The van der Waals surface area contributed by atoms with Crippen LogP contribution in [-0.2, 0) is 11.2 Å². The molecule has 100 valence electrons. The lowest BCUT2D eigenvalue weighted by molar-refractivity contribution is -0.121. The fourth-order valence-electron chi connectivity index (χ4n) is 4.92. The Balaban J connectivity index is 1.47. The van der Waals surface area contributed by atoms with Gasteiger partial charge in [0.25, 0.3) is 0 Å². The summed E-state index contributed by atoms with van der Waals surface area (Å²) >= 11 is 0. The van der Waals surface area contributed by atoms with Gasteiger partial charge in [-0.15, -0.1) is 0 Å². The second-order valence-corrected chi connectivity index (χ2v) is 6.90. The maximum atomic E-state index is 12.6. The van der Waals surface area contributed by atoms with Crippen molar-refractivity contribution in [2.45, 2.75) is 50.9 Å². The summed E-state index contributed by atoms with van der Waals surface area (Å²) in [4.78, 5) is 12.6. The molecule has 1 heteroatoms. The molecule has 0 N–H and O–H groups in total. The molecular formula is C18H22O. The summed E-state index contributed by atoms with van der Waals surface area (Å²) in [7, 11) is 0. The standard InChI is InChI=1S/C18H22O/c19-18(11-15-10-12-5-6-14(15)9-12)17-8-7-13-3-1-2-4-16(13)17/h1-4,12,14-15,17H,5-11H2. The fourth-order valence-corrected chi connectivity index (χ4v) is 4.92. The molecule has 1 nitrogen and oxygen atoms in total. The number of benzene rings is 1. The largest absolute Gasteiger partial charge is 0.299 e. The van der Waals surface area contributed by atoms with E-state index >= 15 is 0 Å². The predicted molar refractivity (Wildman–Crippen MR) is 76.1 cm³/mol. The molecule has 19 heavy (non-hydrogen) atoms. The molecular weight excluding hydrogens is 232 g/mol. The van der Waals surface area contributed by atoms with Gasteiger partial charge in [-0.05, 0) is 61.0 Å². The van der Waals surface area contributed by atoms with E-state index in [-0.39, 0.29) is 5.92 Å². The van der Waals surface area contributed by atoms with E-state index in [9.17, 15) is 4.79 Å². The summed E-state index contributed by atoms with van der Waals surface area (Å²) in [5.74, 6) is 3.31. The molecule has 2 fully saturated rings. The van der Waals surface area contributed by atoms with Crippen LogP contribution in [0.3, 0.4) is 0 Å². The topological polar surface area (TPSA) is 17.1 Å². The van der Waals surface area contributed by atoms with Gasteiger partial charge in [0, 0.05) is 12.3 Å². The average molecular weight is 254 g/mol. The summed E-state index contributed by atoms with van der Waals surface area (Å²) in [6.07, 6.45) is 8.60. The molecule has 4 unspecified atom stereocenters. The summed E-state index contributed by atoms with van der Waals surface area (Å²) in [5, 5.41) is 0. The maximum absolute atomic E-state index is 12.6. The van der Waals surface area contributed by atoms with E-state index in [1.54, 1.807) is 0 Å². The van der Waals surface area contributed by atoms with E-state index in [4.69, 9.17) is 0 Å². The van der Waals surface area contributed by atoms with E-state index in [2.05, 4.69) is 24.3 Å². The first kappa shape index (κ1) is 11.7. The highest BCUT2D eigenvalue weighted by atomic mass is 16.1. The first-order chi connectivity index (χ1) is 9.31. The summed E-state index contributed by atoms with van der Waals surface area (Å²) in [5.41, 5.74) is 2.74. The number of fused-ring (bicyclic) bond motifs is 3. The van der Waals surface area contributed by atoms with Crippen molar-refractivity contribution >= 4 is 5.78 Å². The van der Waals surface area contributed by atoms with Crippen LogP contribution in [0, 0.1) is 17.8 Å². The van der Waals surface area contributed by atoms with Gasteiger partial charge in [0.05, 0.1) is 0 Å². The minimum absolute atomic E-state index is 0.218. The Hall–Kier alpha value is -1.11. The van der Waals surface area contributed by atoms with Crippen LogP contribution in [0.5, 0.6) is 0 Å². The predicted octanol–water partition coefficient (Wildman–Crippen LogP) is 4.11. The maximum Gasteiger partial charge on any atom is 0.140 e. The molecule has 0 radical (unpaired) electrons. The lowest BCUT2D eigenvalue weighted by Crippen LogP contribution is -2.19. The Bertz CT molecular complexity index is 504. The summed E-state index contributed by atoms with van der Waals surface area (Å²) in [6.45, 7) is 0. The van der Waals surface area contributed by atoms with Crippen molar-refractivity contribution in [3.8, 4) is 0 Å². The van der Waals surface area contributed by atoms with Crippen molar-refractivity contribution in [3.63, 3.8) is 0 Å². The highest BCUT2D eigenvalue weighted by Crippen LogP contribution is 2.50. The molecule has 2 saturated carbocycles. The number of hydrogen-bond acceptors (Lipinski definition) is 1. The molecule has 3 aliphatic carbocycles. The Morgan fingerprint density at radius 2 is 2.00 bits per heavy atom. The molecule has 1 aromatic carbocycles. The van der Waals surface area contributed by atoms with Crippen molar-refractivity contribution in [2.75, 3.05) is 0 Å². The van der Waals surface area contributed by atoms with Crippen LogP contribution in [0.4, 0.5) is 0 Å². The van der Waals surface area contributed by atoms with Gasteiger partial charge in [-0.25, -0.2) is 0 Å². The van der Waals surface area contributed by atoms with Crippen LogP contribution in [0.2, 0.25) is 0 Å². The third-order valence-electron chi connectivity index (χ3n) is 5.87. The molecule has 3 aliphatic rings. The van der Waals surface area contributed by atoms with Gasteiger partial charge >= 0.3 is 0 Å². The lowest BCUT2D eigenvalue weighted by atomic mass is 9.82. The monoisotopic (exact) mass is 254 g/mol. The Kier molecular flexibility index (Phi) is 2.75. The van der Waals surface area contributed by atoms with Crippen LogP contribution in [0.1, 0.15) is 55.6 Å². The number of hydrogen-bond donors (Lipinski definition) is 0. The smallest absolute Gasteiger partial charge is 0.140 e. The third kappa shape index (κ3) is 1.94. The van der Waals surface area contributed by atoms with Gasteiger partial charge in [-0.3, -0.25) is 4.79 Å². The lowest BCUT2D eigenvalue weighted by Gasteiger charge is -2.22. The third-order valence-corrected chi connectivity index (χ3v) is 5.87. The first-order valence-corrected chi connectivity index (χ1v) is 7.92. The SMILES string of the molecule is O=C(CC1CC2CCC1C2)C1CCc2ccccc21. The molecule has 4 rings (SSSR count). The van der Waals surface area contributed by atoms with E-state index in [0.29, 0.717) is 5.78 Å². The number of rotatable bonds is 3. The second-order valence-electron chi connectivity index (χ2n) is 6.90. The van der Waals surface area contributed by atoms with Gasteiger partial charge in [-0.1, -0.05) is 30.7 Å². The molecule has 4 atom stereocenters.